The first-order chi connectivity index (χ1) is 8.52. The molecule has 0 bridgehead atoms. The van der Waals surface area contributed by atoms with Crippen LogP contribution in [0.4, 0.5) is 0 Å². The number of nitriles is 1. The van der Waals surface area contributed by atoms with Crippen LogP contribution in [-0.2, 0) is 7.05 Å². The molecule has 0 spiro atoms. The number of benzene rings is 1. The summed E-state index contributed by atoms with van der Waals surface area (Å²) in [4.78, 5) is 0. The zero-order valence-corrected chi connectivity index (χ0v) is 11.1. The van der Waals surface area contributed by atoms with Crippen LogP contribution in [0.3, 0.4) is 0 Å². The minimum atomic E-state index is 0.410. The standard InChI is InChI=1S/C13H12ClN3O/c1-8-9(2)16-17(3)13(8)18-12-5-4-10(7-15)6-11(12)14/h4-6H,1-3H3. The molecule has 0 unspecified atom stereocenters. The highest BCUT2D eigenvalue weighted by molar-refractivity contribution is 6.32. The lowest BCUT2D eigenvalue weighted by molar-refractivity contribution is 0.428. The molecule has 1 aromatic carbocycles. The maximum atomic E-state index is 8.77. The predicted molar refractivity (Wildman–Crippen MR) is 68.9 cm³/mol. The first kappa shape index (κ1) is 12.5. The lowest BCUT2D eigenvalue weighted by atomic mass is 10.2. The molecule has 5 heteroatoms. The Morgan fingerprint density at radius 1 is 1.39 bits per heavy atom. The SMILES string of the molecule is Cc1nn(C)c(Oc2ccc(C#N)cc2Cl)c1C. The number of hydrogen-bond donors (Lipinski definition) is 0. The van der Waals surface area contributed by atoms with Crippen molar-refractivity contribution in [3.05, 3.63) is 40.0 Å². The summed E-state index contributed by atoms with van der Waals surface area (Å²) in [6.45, 7) is 3.86. The number of aromatic nitrogens is 2. The molecular formula is C13H12ClN3O. The zero-order valence-electron chi connectivity index (χ0n) is 10.4. The van der Waals surface area contributed by atoms with Gasteiger partial charge in [-0.15, -0.1) is 0 Å². The summed E-state index contributed by atoms with van der Waals surface area (Å²) in [6, 6.07) is 6.96. The molecule has 0 amide bonds. The lowest BCUT2D eigenvalue weighted by Gasteiger charge is -2.08. The zero-order chi connectivity index (χ0) is 13.3. The Labute approximate surface area is 110 Å². The molecule has 0 radical (unpaired) electrons. The van der Waals surface area contributed by atoms with E-state index in [1.807, 2.05) is 27.0 Å². The molecule has 1 aromatic heterocycles. The van der Waals surface area contributed by atoms with Crippen LogP contribution in [0.5, 0.6) is 11.6 Å². The fourth-order valence-electron chi connectivity index (χ4n) is 1.64. The van der Waals surface area contributed by atoms with Crippen LogP contribution < -0.4 is 4.74 Å². The fraction of sp³-hybridized carbons (Fsp3) is 0.231. The normalized spacial score (nSPS) is 10.2. The van der Waals surface area contributed by atoms with Crippen molar-refractivity contribution in [3.63, 3.8) is 0 Å². The molecule has 0 N–H and O–H groups in total. The van der Waals surface area contributed by atoms with E-state index in [2.05, 4.69) is 5.10 Å². The van der Waals surface area contributed by atoms with E-state index in [1.54, 1.807) is 22.9 Å². The van der Waals surface area contributed by atoms with Crippen molar-refractivity contribution in [1.29, 1.82) is 5.26 Å². The smallest absolute Gasteiger partial charge is 0.220 e. The maximum Gasteiger partial charge on any atom is 0.220 e. The molecule has 2 aromatic rings. The molecule has 0 fully saturated rings. The molecule has 4 nitrogen and oxygen atoms in total. The van der Waals surface area contributed by atoms with Crippen molar-refractivity contribution >= 4 is 11.6 Å². The highest BCUT2D eigenvalue weighted by Crippen LogP contribution is 2.32. The van der Waals surface area contributed by atoms with Crippen LogP contribution in [-0.4, -0.2) is 9.78 Å². The average molecular weight is 262 g/mol. The Morgan fingerprint density at radius 2 is 2.11 bits per heavy atom. The van der Waals surface area contributed by atoms with Gasteiger partial charge in [0.1, 0.15) is 5.75 Å². The van der Waals surface area contributed by atoms with Crippen molar-refractivity contribution in [2.75, 3.05) is 0 Å². The number of halogens is 1. The molecule has 2 rings (SSSR count). The van der Waals surface area contributed by atoms with Gasteiger partial charge in [0.2, 0.25) is 5.88 Å². The molecule has 92 valence electrons. The van der Waals surface area contributed by atoms with Crippen molar-refractivity contribution < 1.29 is 4.74 Å². The second kappa shape index (κ2) is 4.71. The highest BCUT2D eigenvalue weighted by atomic mass is 35.5. The van der Waals surface area contributed by atoms with E-state index >= 15 is 0 Å². The summed E-state index contributed by atoms with van der Waals surface area (Å²) in [5.74, 6) is 1.17. The summed E-state index contributed by atoms with van der Waals surface area (Å²) in [7, 11) is 1.81. The van der Waals surface area contributed by atoms with E-state index in [0.29, 0.717) is 22.2 Å². The molecular weight excluding hydrogens is 250 g/mol. The predicted octanol–water partition coefficient (Wildman–Crippen LogP) is 3.35. The van der Waals surface area contributed by atoms with E-state index in [1.165, 1.54) is 0 Å². The van der Waals surface area contributed by atoms with Crippen LogP contribution in [0.15, 0.2) is 18.2 Å². The molecule has 1 heterocycles. The monoisotopic (exact) mass is 261 g/mol. The molecule has 0 saturated carbocycles. The first-order valence-electron chi connectivity index (χ1n) is 5.40. The molecule has 0 saturated heterocycles. The van der Waals surface area contributed by atoms with E-state index in [9.17, 15) is 0 Å². The summed E-state index contributed by atoms with van der Waals surface area (Å²) in [5, 5.41) is 13.4. The molecule has 18 heavy (non-hydrogen) atoms. The average Bonchev–Trinajstić information content (AvgIpc) is 2.58. The minimum Gasteiger partial charge on any atom is -0.437 e. The van der Waals surface area contributed by atoms with Gasteiger partial charge in [-0.2, -0.15) is 10.4 Å². The Kier molecular flexibility index (Phi) is 3.26. The minimum absolute atomic E-state index is 0.410. The van der Waals surface area contributed by atoms with Crippen molar-refractivity contribution in [1.82, 2.24) is 9.78 Å². The van der Waals surface area contributed by atoms with Gasteiger partial charge >= 0.3 is 0 Å². The van der Waals surface area contributed by atoms with Crippen LogP contribution in [0, 0.1) is 25.2 Å². The number of aryl methyl sites for hydroxylation is 2. The lowest BCUT2D eigenvalue weighted by Crippen LogP contribution is -1.96. The van der Waals surface area contributed by atoms with E-state index < -0.39 is 0 Å². The van der Waals surface area contributed by atoms with E-state index in [-0.39, 0.29) is 0 Å². The van der Waals surface area contributed by atoms with E-state index in [4.69, 9.17) is 21.6 Å². The van der Waals surface area contributed by atoms with Crippen molar-refractivity contribution in [3.8, 4) is 17.7 Å². The van der Waals surface area contributed by atoms with Crippen LogP contribution in [0.25, 0.3) is 0 Å². The van der Waals surface area contributed by atoms with Gasteiger partial charge in [-0.25, -0.2) is 4.68 Å². The maximum absolute atomic E-state index is 8.77. The van der Waals surface area contributed by atoms with Gasteiger partial charge < -0.3 is 4.74 Å². The Balaban J connectivity index is 2.38. The summed E-state index contributed by atoms with van der Waals surface area (Å²) >= 11 is 6.06. The molecule has 0 atom stereocenters. The highest BCUT2D eigenvalue weighted by Gasteiger charge is 2.13. The third-order valence-electron chi connectivity index (χ3n) is 2.73. The third-order valence-corrected chi connectivity index (χ3v) is 3.02. The van der Waals surface area contributed by atoms with Gasteiger partial charge in [0.25, 0.3) is 0 Å². The topological polar surface area (TPSA) is 50.8 Å². The number of rotatable bonds is 2. The Morgan fingerprint density at radius 3 is 2.61 bits per heavy atom. The number of ether oxygens (including phenoxy) is 1. The van der Waals surface area contributed by atoms with Crippen LogP contribution >= 0.6 is 11.6 Å². The second-order valence-corrected chi connectivity index (χ2v) is 4.41. The van der Waals surface area contributed by atoms with Gasteiger partial charge in [-0.05, 0) is 32.0 Å². The van der Waals surface area contributed by atoms with Gasteiger partial charge in [-0.1, -0.05) is 11.6 Å². The van der Waals surface area contributed by atoms with Gasteiger partial charge in [0.15, 0.2) is 0 Å². The number of hydrogen-bond acceptors (Lipinski definition) is 3. The van der Waals surface area contributed by atoms with Crippen LogP contribution in [0.1, 0.15) is 16.8 Å². The van der Waals surface area contributed by atoms with Crippen molar-refractivity contribution in [2.45, 2.75) is 13.8 Å². The Bertz CT molecular complexity index is 640. The molecule has 0 aliphatic carbocycles. The fourth-order valence-corrected chi connectivity index (χ4v) is 1.86. The van der Waals surface area contributed by atoms with Crippen molar-refractivity contribution in [2.24, 2.45) is 7.05 Å². The summed E-state index contributed by atoms with van der Waals surface area (Å²) in [5.41, 5.74) is 2.39. The Hall–Kier alpha value is -1.99. The summed E-state index contributed by atoms with van der Waals surface area (Å²) < 4.78 is 7.42. The second-order valence-electron chi connectivity index (χ2n) is 4.00. The number of nitrogens with zero attached hydrogens (tertiary/aromatic N) is 3. The van der Waals surface area contributed by atoms with Crippen LogP contribution in [0.2, 0.25) is 5.02 Å². The van der Waals surface area contributed by atoms with E-state index in [0.717, 1.165) is 11.3 Å². The first-order valence-corrected chi connectivity index (χ1v) is 5.78. The third kappa shape index (κ3) is 2.18. The van der Waals surface area contributed by atoms with Gasteiger partial charge in [-0.3, -0.25) is 0 Å². The summed E-state index contributed by atoms with van der Waals surface area (Å²) in [6.07, 6.45) is 0. The van der Waals surface area contributed by atoms with Gasteiger partial charge in [0.05, 0.1) is 22.3 Å². The van der Waals surface area contributed by atoms with Gasteiger partial charge in [0, 0.05) is 12.6 Å². The molecule has 0 aliphatic rings. The largest absolute Gasteiger partial charge is 0.437 e. The quantitative estimate of drug-likeness (QED) is 0.833. The molecule has 0 aliphatic heterocycles.